The number of carbonyl (C=O) groups excluding carboxylic acids is 2. The van der Waals surface area contributed by atoms with Gasteiger partial charge in [-0.05, 0) is 61.5 Å². The number of rotatable bonds is 7. The van der Waals surface area contributed by atoms with Gasteiger partial charge in [-0.25, -0.2) is 12.8 Å². The predicted molar refractivity (Wildman–Crippen MR) is 116 cm³/mol. The maximum atomic E-state index is 12.9. The number of aryl methyl sites for hydroxylation is 1. The molecular formula is C22H20FN3O5S. The second-order valence-electron chi connectivity index (χ2n) is 6.74. The normalized spacial score (nSPS) is 10.8. The van der Waals surface area contributed by atoms with Gasteiger partial charge in [-0.2, -0.15) is 0 Å². The minimum Gasteiger partial charge on any atom is -0.484 e. The number of ether oxygens (including phenoxy) is 1. The number of halogens is 1. The lowest BCUT2D eigenvalue weighted by Crippen LogP contribution is -2.43. The molecule has 0 aliphatic rings. The molecule has 0 saturated heterocycles. The van der Waals surface area contributed by atoms with Crippen molar-refractivity contribution in [3.05, 3.63) is 89.7 Å². The summed E-state index contributed by atoms with van der Waals surface area (Å²) in [6, 6.07) is 17.2. The number of carbonyl (C=O) groups is 2. The summed E-state index contributed by atoms with van der Waals surface area (Å²) >= 11 is 0. The fraction of sp³-hybridized carbons (Fsp3) is 0.0909. The van der Waals surface area contributed by atoms with E-state index in [-0.39, 0.29) is 16.1 Å². The predicted octanol–water partition coefficient (Wildman–Crippen LogP) is 2.77. The van der Waals surface area contributed by atoms with E-state index in [4.69, 9.17) is 4.74 Å². The Kier molecular flexibility index (Phi) is 7.06. The molecule has 0 unspecified atom stereocenters. The molecule has 0 fully saturated rings. The molecule has 0 aliphatic carbocycles. The fourth-order valence-corrected chi connectivity index (χ4v) is 3.62. The molecule has 3 rings (SSSR count). The Morgan fingerprint density at radius 3 is 2.31 bits per heavy atom. The third-order valence-electron chi connectivity index (χ3n) is 4.21. The van der Waals surface area contributed by atoms with E-state index in [1.165, 1.54) is 60.7 Å². The highest BCUT2D eigenvalue weighted by Gasteiger charge is 2.15. The van der Waals surface area contributed by atoms with Gasteiger partial charge in [0.2, 0.25) is 0 Å². The Morgan fingerprint density at radius 1 is 0.938 bits per heavy atom. The van der Waals surface area contributed by atoms with Crippen LogP contribution in [-0.4, -0.2) is 26.8 Å². The molecule has 8 nitrogen and oxygen atoms in total. The number of hydrazine groups is 1. The molecule has 0 heterocycles. The van der Waals surface area contributed by atoms with Crippen LogP contribution in [0.4, 0.5) is 10.1 Å². The summed E-state index contributed by atoms with van der Waals surface area (Å²) < 4.78 is 45.5. The molecule has 10 heteroatoms. The lowest BCUT2D eigenvalue weighted by atomic mass is 10.2. The van der Waals surface area contributed by atoms with Gasteiger partial charge in [-0.3, -0.25) is 25.2 Å². The van der Waals surface area contributed by atoms with Crippen LogP contribution in [0.1, 0.15) is 15.9 Å². The number of anilines is 1. The number of sulfonamides is 1. The van der Waals surface area contributed by atoms with Crippen molar-refractivity contribution in [3.8, 4) is 5.75 Å². The first kappa shape index (κ1) is 22.8. The van der Waals surface area contributed by atoms with Crippen molar-refractivity contribution >= 4 is 27.5 Å². The van der Waals surface area contributed by atoms with E-state index in [1.807, 2.05) is 6.92 Å². The number of nitrogens with one attached hydrogen (secondary N) is 3. The number of benzene rings is 3. The van der Waals surface area contributed by atoms with Crippen LogP contribution in [0, 0.1) is 12.7 Å². The Bertz CT molecular complexity index is 1210. The van der Waals surface area contributed by atoms with Crippen LogP contribution in [-0.2, 0) is 14.8 Å². The molecule has 32 heavy (non-hydrogen) atoms. The van der Waals surface area contributed by atoms with Crippen molar-refractivity contribution in [2.75, 3.05) is 11.3 Å². The zero-order valence-electron chi connectivity index (χ0n) is 17.0. The summed E-state index contributed by atoms with van der Waals surface area (Å²) in [5, 5.41) is 0. The molecular weight excluding hydrogens is 437 g/mol. The van der Waals surface area contributed by atoms with E-state index in [0.29, 0.717) is 5.75 Å². The minimum absolute atomic E-state index is 0.0892. The summed E-state index contributed by atoms with van der Waals surface area (Å²) in [4.78, 5) is 24.2. The van der Waals surface area contributed by atoms with Gasteiger partial charge < -0.3 is 4.74 Å². The number of amides is 2. The molecule has 0 radical (unpaired) electrons. The van der Waals surface area contributed by atoms with E-state index in [1.54, 1.807) is 12.1 Å². The largest absolute Gasteiger partial charge is 0.484 e. The standard InChI is InChI=1S/C22H20FN3O5S/c1-15-5-11-20(12-6-15)32(29,30)26-18-4-2-3-16(13-18)22(28)25-24-21(27)14-31-19-9-7-17(23)8-10-19/h2-13,26H,14H2,1H3,(H,24,27)(H,25,28). The molecule has 166 valence electrons. The van der Waals surface area contributed by atoms with E-state index in [0.717, 1.165) is 5.56 Å². The molecule has 3 aromatic carbocycles. The van der Waals surface area contributed by atoms with Gasteiger partial charge >= 0.3 is 0 Å². The molecule has 2 amide bonds. The lowest BCUT2D eigenvalue weighted by molar-refractivity contribution is -0.123. The first-order valence-electron chi connectivity index (χ1n) is 9.40. The van der Waals surface area contributed by atoms with E-state index < -0.39 is 34.3 Å². The third-order valence-corrected chi connectivity index (χ3v) is 5.60. The van der Waals surface area contributed by atoms with Crippen LogP contribution in [0.25, 0.3) is 0 Å². The van der Waals surface area contributed by atoms with Gasteiger partial charge in [0, 0.05) is 11.3 Å². The maximum Gasteiger partial charge on any atom is 0.276 e. The molecule has 0 bridgehead atoms. The summed E-state index contributed by atoms with van der Waals surface area (Å²) in [6.07, 6.45) is 0. The van der Waals surface area contributed by atoms with Crippen molar-refractivity contribution in [1.29, 1.82) is 0 Å². The van der Waals surface area contributed by atoms with Gasteiger partial charge in [0.25, 0.3) is 21.8 Å². The van der Waals surface area contributed by atoms with Gasteiger partial charge in [-0.1, -0.05) is 23.8 Å². The second kappa shape index (κ2) is 9.92. The van der Waals surface area contributed by atoms with Crippen LogP contribution in [0.2, 0.25) is 0 Å². The fourth-order valence-electron chi connectivity index (χ4n) is 2.57. The van der Waals surface area contributed by atoms with Crippen LogP contribution >= 0.6 is 0 Å². The average Bonchev–Trinajstić information content (AvgIpc) is 2.77. The first-order valence-corrected chi connectivity index (χ1v) is 10.9. The quantitative estimate of drug-likeness (QED) is 0.472. The van der Waals surface area contributed by atoms with Crippen molar-refractivity contribution < 1.29 is 27.1 Å². The maximum absolute atomic E-state index is 12.9. The van der Waals surface area contributed by atoms with Gasteiger partial charge in [0.05, 0.1) is 4.90 Å². The smallest absolute Gasteiger partial charge is 0.276 e. The third kappa shape index (κ3) is 6.29. The molecule has 0 aromatic heterocycles. The highest BCUT2D eigenvalue weighted by Crippen LogP contribution is 2.18. The number of hydrogen-bond acceptors (Lipinski definition) is 5. The van der Waals surface area contributed by atoms with Crippen molar-refractivity contribution in [2.24, 2.45) is 0 Å². The van der Waals surface area contributed by atoms with E-state index in [9.17, 15) is 22.4 Å². The van der Waals surface area contributed by atoms with Crippen LogP contribution in [0.15, 0.2) is 77.7 Å². The van der Waals surface area contributed by atoms with Crippen molar-refractivity contribution in [3.63, 3.8) is 0 Å². The van der Waals surface area contributed by atoms with Gasteiger partial charge in [0.1, 0.15) is 11.6 Å². The Balaban J connectivity index is 1.55. The first-order chi connectivity index (χ1) is 15.2. The van der Waals surface area contributed by atoms with Crippen LogP contribution in [0.5, 0.6) is 5.75 Å². The van der Waals surface area contributed by atoms with Gasteiger partial charge in [-0.15, -0.1) is 0 Å². The van der Waals surface area contributed by atoms with Crippen LogP contribution in [0.3, 0.4) is 0 Å². The summed E-state index contributed by atoms with van der Waals surface area (Å²) in [7, 11) is -3.83. The highest BCUT2D eigenvalue weighted by atomic mass is 32.2. The molecule has 3 N–H and O–H groups in total. The summed E-state index contributed by atoms with van der Waals surface area (Å²) in [5.74, 6) is -1.44. The summed E-state index contributed by atoms with van der Waals surface area (Å²) in [6.45, 7) is 1.45. The molecule has 0 aliphatic heterocycles. The Morgan fingerprint density at radius 2 is 1.62 bits per heavy atom. The lowest BCUT2D eigenvalue weighted by Gasteiger charge is -2.11. The zero-order chi connectivity index (χ0) is 23.1. The monoisotopic (exact) mass is 457 g/mol. The topological polar surface area (TPSA) is 114 Å². The molecule has 0 saturated carbocycles. The second-order valence-corrected chi connectivity index (χ2v) is 8.43. The van der Waals surface area contributed by atoms with Gasteiger partial charge in [0.15, 0.2) is 6.61 Å². The Hall–Kier alpha value is -3.92. The minimum atomic E-state index is -3.83. The SMILES string of the molecule is Cc1ccc(S(=O)(=O)Nc2cccc(C(=O)NNC(=O)COc3ccc(F)cc3)c2)cc1. The summed E-state index contributed by atoms with van der Waals surface area (Å²) in [5.41, 5.74) is 5.63. The average molecular weight is 457 g/mol. The van der Waals surface area contributed by atoms with E-state index in [2.05, 4.69) is 15.6 Å². The highest BCUT2D eigenvalue weighted by molar-refractivity contribution is 7.92. The van der Waals surface area contributed by atoms with Crippen LogP contribution < -0.4 is 20.3 Å². The molecule has 3 aromatic rings. The number of hydrogen-bond donors (Lipinski definition) is 3. The molecule has 0 spiro atoms. The van der Waals surface area contributed by atoms with E-state index >= 15 is 0 Å². The Labute approximate surface area is 184 Å². The zero-order valence-corrected chi connectivity index (χ0v) is 17.8. The molecule has 0 atom stereocenters. The van der Waals surface area contributed by atoms with Crippen molar-refractivity contribution in [2.45, 2.75) is 11.8 Å². The van der Waals surface area contributed by atoms with Crippen molar-refractivity contribution in [1.82, 2.24) is 10.9 Å².